The molecule has 0 aromatic heterocycles. The average molecular weight is 303 g/mol. The van der Waals surface area contributed by atoms with Crippen LogP contribution in [0.15, 0.2) is 30.3 Å². The smallest absolute Gasteiger partial charge is 0.234 e. The van der Waals surface area contributed by atoms with Crippen LogP contribution >= 0.6 is 0 Å². The van der Waals surface area contributed by atoms with Crippen molar-refractivity contribution in [3.63, 3.8) is 0 Å². The van der Waals surface area contributed by atoms with Crippen molar-refractivity contribution in [3.05, 3.63) is 30.3 Å². The summed E-state index contributed by atoms with van der Waals surface area (Å²) in [6.45, 7) is 3.55. The van der Waals surface area contributed by atoms with E-state index >= 15 is 0 Å². The van der Waals surface area contributed by atoms with Crippen LogP contribution in [0.2, 0.25) is 0 Å². The number of benzene rings is 1. The fourth-order valence-electron chi connectivity index (χ4n) is 3.29. The summed E-state index contributed by atoms with van der Waals surface area (Å²) in [7, 11) is 0. The summed E-state index contributed by atoms with van der Waals surface area (Å²) in [5.74, 6) is 0.931. The second kappa shape index (κ2) is 7.61. The Labute approximate surface area is 132 Å². The van der Waals surface area contributed by atoms with Gasteiger partial charge in [0.1, 0.15) is 12.4 Å². The molecule has 1 amide bonds. The lowest BCUT2D eigenvalue weighted by Crippen LogP contribution is -2.42. The number of rotatable bonds is 6. The molecule has 0 aliphatic carbocycles. The van der Waals surface area contributed by atoms with Crippen molar-refractivity contribution in [2.24, 2.45) is 0 Å². The number of hydrogen-bond acceptors (Lipinski definition) is 4. The van der Waals surface area contributed by atoms with Crippen LogP contribution in [-0.2, 0) is 4.79 Å². The van der Waals surface area contributed by atoms with Crippen molar-refractivity contribution in [2.45, 2.75) is 31.3 Å². The van der Waals surface area contributed by atoms with Gasteiger partial charge in [-0.3, -0.25) is 9.69 Å². The maximum absolute atomic E-state index is 12.0. The van der Waals surface area contributed by atoms with Gasteiger partial charge >= 0.3 is 0 Å². The molecule has 2 heterocycles. The zero-order valence-electron chi connectivity index (χ0n) is 13.0. The highest BCUT2D eigenvalue weighted by atomic mass is 16.5. The van der Waals surface area contributed by atoms with E-state index in [1.807, 2.05) is 30.3 Å². The molecular weight excluding hydrogens is 278 g/mol. The summed E-state index contributed by atoms with van der Waals surface area (Å²) in [4.78, 5) is 14.3. The third-order valence-electron chi connectivity index (χ3n) is 4.41. The van der Waals surface area contributed by atoms with E-state index in [-0.39, 0.29) is 5.91 Å². The Kier molecular flexibility index (Phi) is 5.29. The molecule has 2 bridgehead atoms. The molecule has 22 heavy (non-hydrogen) atoms. The largest absolute Gasteiger partial charge is 0.492 e. The van der Waals surface area contributed by atoms with Crippen LogP contribution in [0.4, 0.5) is 0 Å². The van der Waals surface area contributed by atoms with Gasteiger partial charge in [-0.05, 0) is 31.4 Å². The molecule has 0 spiro atoms. The zero-order valence-corrected chi connectivity index (χ0v) is 13.0. The molecule has 5 nitrogen and oxygen atoms in total. The Hall–Kier alpha value is -1.59. The Morgan fingerprint density at radius 1 is 1.23 bits per heavy atom. The van der Waals surface area contributed by atoms with E-state index in [0.717, 1.165) is 25.3 Å². The van der Waals surface area contributed by atoms with Gasteiger partial charge in [-0.15, -0.1) is 0 Å². The van der Waals surface area contributed by atoms with Crippen molar-refractivity contribution in [1.29, 1.82) is 0 Å². The van der Waals surface area contributed by atoms with Gasteiger partial charge in [0.25, 0.3) is 0 Å². The molecule has 120 valence electrons. The van der Waals surface area contributed by atoms with E-state index in [4.69, 9.17) is 4.74 Å². The Morgan fingerprint density at radius 2 is 2.05 bits per heavy atom. The molecule has 0 radical (unpaired) electrons. The normalized spacial score (nSPS) is 24.7. The minimum atomic E-state index is 0.0921. The van der Waals surface area contributed by atoms with E-state index in [1.54, 1.807) is 0 Å². The number of ether oxygens (including phenoxy) is 1. The van der Waals surface area contributed by atoms with Crippen LogP contribution in [0.3, 0.4) is 0 Å². The first-order valence-electron chi connectivity index (χ1n) is 8.22. The van der Waals surface area contributed by atoms with Crippen LogP contribution in [0, 0.1) is 0 Å². The molecule has 2 N–H and O–H groups in total. The number of carbonyl (C=O) groups excluding carboxylic acids is 1. The molecule has 5 heteroatoms. The van der Waals surface area contributed by atoms with Crippen LogP contribution in [0.25, 0.3) is 0 Å². The summed E-state index contributed by atoms with van der Waals surface area (Å²) in [5.41, 5.74) is 0. The molecule has 1 aromatic rings. The molecule has 2 atom stereocenters. The predicted octanol–water partition coefficient (Wildman–Crippen LogP) is 1.01. The molecule has 2 fully saturated rings. The monoisotopic (exact) mass is 303 g/mol. The van der Waals surface area contributed by atoms with Gasteiger partial charge in [0, 0.05) is 25.2 Å². The van der Waals surface area contributed by atoms with Crippen molar-refractivity contribution in [1.82, 2.24) is 15.5 Å². The molecule has 2 unspecified atom stereocenters. The van der Waals surface area contributed by atoms with E-state index in [2.05, 4.69) is 15.5 Å². The average Bonchev–Trinajstić information content (AvgIpc) is 2.87. The number of para-hydroxylation sites is 1. The first-order valence-corrected chi connectivity index (χ1v) is 8.22. The first kappa shape index (κ1) is 15.3. The summed E-state index contributed by atoms with van der Waals surface area (Å²) in [5, 5.41) is 6.57. The van der Waals surface area contributed by atoms with E-state index in [0.29, 0.717) is 31.8 Å². The van der Waals surface area contributed by atoms with Crippen molar-refractivity contribution < 1.29 is 9.53 Å². The summed E-state index contributed by atoms with van der Waals surface area (Å²) < 4.78 is 5.57. The number of fused-ring (bicyclic) bond motifs is 2. The SMILES string of the molecule is O=C(CN1CCC2CCC(C1)N2)NCCOc1ccccc1. The maximum atomic E-state index is 12.0. The highest BCUT2D eigenvalue weighted by molar-refractivity contribution is 5.78. The number of likely N-dealkylation sites (tertiary alicyclic amines) is 1. The molecule has 2 saturated heterocycles. The Bertz CT molecular complexity index is 480. The fourth-order valence-corrected chi connectivity index (χ4v) is 3.29. The van der Waals surface area contributed by atoms with Gasteiger partial charge in [0.2, 0.25) is 5.91 Å². The third-order valence-corrected chi connectivity index (χ3v) is 4.41. The predicted molar refractivity (Wildman–Crippen MR) is 85.9 cm³/mol. The second-order valence-corrected chi connectivity index (χ2v) is 6.17. The van der Waals surface area contributed by atoms with Gasteiger partial charge in [-0.2, -0.15) is 0 Å². The van der Waals surface area contributed by atoms with E-state index in [1.165, 1.54) is 12.8 Å². The molecule has 3 rings (SSSR count). The van der Waals surface area contributed by atoms with E-state index in [9.17, 15) is 4.79 Å². The van der Waals surface area contributed by atoms with Crippen LogP contribution in [0.5, 0.6) is 5.75 Å². The van der Waals surface area contributed by atoms with Crippen molar-refractivity contribution >= 4 is 5.91 Å². The topological polar surface area (TPSA) is 53.6 Å². The molecule has 2 aliphatic heterocycles. The number of nitrogens with one attached hydrogen (secondary N) is 2. The quantitative estimate of drug-likeness (QED) is 0.770. The minimum absolute atomic E-state index is 0.0921. The molecular formula is C17H25N3O2. The molecule has 0 saturated carbocycles. The third kappa shape index (κ3) is 4.45. The Morgan fingerprint density at radius 3 is 2.91 bits per heavy atom. The number of amides is 1. The number of nitrogens with zero attached hydrogens (tertiary/aromatic N) is 1. The lowest BCUT2D eigenvalue weighted by molar-refractivity contribution is -0.122. The van der Waals surface area contributed by atoms with Crippen molar-refractivity contribution in [2.75, 3.05) is 32.8 Å². The van der Waals surface area contributed by atoms with Crippen LogP contribution in [-0.4, -0.2) is 55.7 Å². The lowest BCUT2D eigenvalue weighted by atomic mass is 10.1. The van der Waals surface area contributed by atoms with Crippen molar-refractivity contribution in [3.8, 4) is 5.75 Å². The first-order chi connectivity index (χ1) is 10.8. The number of hydrogen-bond donors (Lipinski definition) is 2. The van der Waals surface area contributed by atoms with Crippen LogP contribution < -0.4 is 15.4 Å². The summed E-state index contributed by atoms with van der Waals surface area (Å²) in [6, 6.07) is 10.9. The van der Waals surface area contributed by atoms with Gasteiger partial charge in [0.15, 0.2) is 0 Å². The fraction of sp³-hybridized carbons (Fsp3) is 0.588. The highest BCUT2D eigenvalue weighted by Gasteiger charge is 2.29. The number of carbonyl (C=O) groups is 1. The molecule has 2 aliphatic rings. The lowest BCUT2D eigenvalue weighted by Gasteiger charge is -2.23. The maximum Gasteiger partial charge on any atom is 0.234 e. The summed E-state index contributed by atoms with van der Waals surface area (Å²) >= 11 is 0. The van der Waals surface area contributed by atoms with E-state index < -0.39 is 0 Å². The molecule has 1 aromatic carbocycles. The zero-order chi connectivity index (χ0) is 15.2. The Balaban J connectivity index is 1.32. The van der Waals surface area contributed by atoms with Gasteiger partial charge in [-0.1, -0.05) is 18.2 Å². The summed E-state index contributed by atoms with van der Waals surface area (Å²) in [6.07, 6.45) is 3.69. The van der Waals surface area contributed by atoms with Gasteiger partial charge in [-0.25, -0.2) is 0 Å². The van der Waals surface area contributed by atoms with Gasteiger partial charge < -0.3 is 15.4 Å². The minimum Gasteiger partial charge on any atom is -0.492 e. The highest BCUT2D eigenvalue weighted by Crippen LogP contribution is 2.19. The standard InChI is InChI=1S/C17H25N3O2/c21-17(18-9-11-22-16-4-2-1-3-5-16)13-20-10-8-14-6-7-15(12-20)19-14/h1-5,14-15,19H,6-13H2,(H,18,21). The second-order valence-electron chi connectivity index (χ2n) is 6.17. The van der Waals surface area contributed by atoms with Gasteiger partial charge in [0.05, 0.1) is 13.1 Å². The van der Waals surface area contributed by atoms with Crippen LogP contribution in [0.1, 0.15) is 19.3 Å².